The van der Waals surface area contributed by atoms with Crippen LogP contribution in [0.3, 0.4) is 0 Å². The predicted octanol–water partition coefficient (Wildman–Crippen LogP) is 4.70. The molecule has 1 saturated heterocycles. The molecule has 0 aliphatic carbocycles. The molecule has 2 aliphatic heterocycles. The Morgan fingerprint density at radius 1 is 1.14 bits per heavy atom. The largest absolute Gasteiger partial charge is 0.416 e. The molecule has 0 radical (unpaired) electrons. The Balaban J connectivity index is 1.61. The fourth-order valence-electron chi connectivity index (χ4n) is 4.56. The summed E-state index contributed by atoms with van der Waals surface area (Å²) >= 11 is 0. The molecule has 0 unspecified atom stereocenters. The fraction of sp³-hybridized carbons (Fsp3) is 0.320. The van der Waals surface area contributed by atoms with Crippen LogP contribution in [0.25, 0.3) is 27.9 Å². The third-order valence-electron chi connectivity index (χ3n) is 6.56. The second-order valence-electron chi connectivity index (χ2n) is 8.93. The molecule has 6 nitrogen and oxygen atoms in total. The molecule has 5 rings (SSSR count). The third-order valence-corrected chi connectivity index (χ3v) is 6.56. The van der Waals surface area contributed by atoms with E-state index in [0.717, 1.165) is 48.3 Å². The quantitative estimate of drug-likeness (QED) is 0.397. The summed E-state index contributed by atoms with van der Waals surface area (Å²) < 4.78 is 54.3. The van der Waals surface area contributed by atoms with Crippen LogP contribution in [0.2, 0.25) is 0 Å². The van der Waals surface area contributed by atoms with Crippen molar-refractivity contribution in [1.82, 2.24) is 24.6 Å². The number of likely N-dealkylation sites (N-methyl/N-ethyl adjacent to an activating group) is 1. The highest BCUT2D eigenvalue weighted by Crippen LogP contribution is 2.38. The molecule has 1 aromatic carbocycles. The van der Waals surface area contributed by atoms with Crippen molar-refractivity contribution in [3.05, 3.63) is 66.1 Å². The first-order valence-electron chi connectivity index (χ1n) is 11.2. The smallest absolute Gasteiger partial charge is 0.332 e. The fourth-order valence-corrected chi connectivity index (χ4v) is 4.56. The summed E-state index contributed by atoms with van der Waals surface area (Å²) in [4.78, 5) is 20.0. The summed E-state index contributed by atoms with van der Waals surface area (Å²) in [7, 11) is 2.04. The highest BCUT2D eigenvalue weighted by atomic mass is 19.4. The number of hydrogen-bond donors (Lipinski definition) is 0. The highest BCUT2D eigenvalue weighted by molar-refractivity contribution is 5.97. The molecule has 0 bridgehead atoms. The van der Waals surface area contributed by atoms with Gasteiger partial charge in [0.05, 0.1) is 17.1 Å². The molecule has 0 atom stereocenters. The van der Waals surface area contributed by atoms with Crippen molar-refractivity contribution < 1.29 is 22.4 Å². The number of fused-ring (bicyclic) bond motifs is 1. The lowest BCUT2D eigenvalue weighted by atomic mass is 9.98. The van der Waals surface area contributed by atoms with Gasteiger partial charge in [-0.3, -0.25) is 14.5 Å². The first-order valence-corrected chi connectivity index (χ1v) is 11.2. The van der Waals surface area contributed by atoms with Crippen LogP contribution in [0.15, 0.2) is 55.0 Å². The van der Waals surface area contributed by atoms with Gasteiger partial charge in [0.15, 0.2) is 5.83 Å². The minimum Gasteiger partial charge on any atom is -0.332 e. The molecule has 35 heavy (non-hydrogen) atoms. The summed E-state index contributed by atoms with van der Waals surface area (Å²) in [5.41, 5.74) is 3.65. The zero-order valence-electron chi connectivity index (χ0n) is 19.0. The van der Waals surface area contributed by atoms with Gasteiger partial charge < -0.3 is 9.80 Å². The van der Waals surface area contributed by atoms with Gasteiger partial charge in [-0.2, -0.15) is 18.3 Å². The first-order chi connectivity index (χ1) is 16.6. The van der Waals surface area contributed by atoms with E-state index >= 15 is 0 Å². The predicted molar refractivity (Wildman–Crippen MR) is 124 cm³/mol. The lowest BCUT2D eigenvalue weighted by Gasteiger charge is -2.39. The molecule has 0 N–H and O–H groups in total. The third kappa shape index (κ3) is 4.22. The molecule has 182 valence electrons. The summed E-state index contributed by atoms with van der Waals surface area (Å²) in [6, 6.07) is 6.53. The Labute approximate surface area is 199 Å². The molecule has 0 saturated carbocycles. The summed E-state index contributed by atoms with van der Waals surface area (Å²) in [5, 5.41) is 4.76. The van der Waals surface area contributed by atoms with E-state index in [9.17, 15) is 22.4 Å². The lowest BCUT2D eigenvalue weighted by Crippen LogP contribution is -2.51. The SMILES string of the molecule is C=C(F)C(=O)N1CC(n2nc(-c3ccc(C(F)(F)F)cc3)c3nccc(C4=CCN(C)CC4)c32)C1. The maximum absolute atomic E-state index is 13.3. The Morgan fingerprint density at radius 3 is 2.46 bits per heavy atom. The number of aromatic nitrogens is 3. The number of amides is 1. The zero-order valence-corrected chi connectivity index (χ0v) is 19.0. The Hall–Kier alpha value is -3.53. The summed E-state index contributed by atoms with van der Waals surface area (Å²) in [6.45, 7) is 5.26. The number of nitrogens with zero attached hydrogens (tertiary/aromatic N) is 5. The van der Waals surface area contributed by atoms with Crippen LogP contribution in [-0.4, -0.2) is 63.7 Å². The van der Waals surface area contributed by atoms with Gasteiger partial charge in [-0.15, -0.1) is 0 Å². The molecule has 2 aromatic heterocycles. The van der Waals surface area contributed by atoms with Crippen molar-refractivity contribution in [3.8, 4) is 11.3 Å². The Bertz CT molecular complexity index is 1340. The van der Waals surface area contributed by atoms with Crippen LogP contribution in [0.5, 0.6) is 0 Å². The highest BCUT2D eigenvalue weighted by Gasteiger charge is 2.36. The maximum atomic E-state index is 13.3. The number of rotatable bonds is 4. The number of halogens is 4. The molecule has 1 fully saturated rings. The molecule has 1 amide bonds. The lowest BCUT2D eigenvalue weighted by molar-refractivity contribution is -0.137. The van der Waals surface area contributed by atoms with Gasteiger partial charge in [0.2, 0.25) is 0 Å². The second kappa shape index (κ2) is 8.60. The number of likely N-dealkylation sites (tertiary alicyclic amines) is 1. The van der Waals surface area contributed by atoms with Crippen molar-refractivity contribution in [2.75, 3.05) is 33.2 Å². The van der Waals surface area contributed by atoms with E-state index < -0.39 is 23.5 Å². The van der Waals surface area contributed by atoms with Gasteiger partial charge in [0, 0.05) is 43.5 Å². The summed E-state index contributed by atoms with van der Waals surface area (Å²) in [6.07, 6.45) is 0.221. The van der Waals surface area contributed by atoms with E-state index in [1.165, 1.54) is 17.0 Å². The summed E-state index contributed by atoms with van der Waals surface area (Å²) in [5.74, 6) is -1.77. The number of pyridine rings is 1. The van der Waals surface area contributed by atoms with Crippen LogP contribution in [0.4, 0.5) is 17.6 Å². The van der Waals surface area contributed by atoms with Crippen LogP contribution in [0, 0.1) is 0 Å². The minimum absolute atomic E-state index is 0.223. The molecule has 0 spiro atoms. The van der Waals surface area contributed by atoms with Crippen LogP contribution in [0.1, 0.15) is 23.6 Å². The molecular weight excluding hydrogens is 462 g/mol. The second-order valence-corrected chi connectivity index (χ2v) is 8.93. The van der Waals surface area contributed by atoms with Crippen molar-refractivity contribution in [1.29, 1.82) is 0 Å². The van der Waals surface area contributed by atoms with Gasteiger partial charge in [0.1, 0.15) is 11.2 Å². The molecule has 10 heteroatoms. The van der Waals surface area contributed by atoms with Gasteiger partial charge in [0.25, 0.3) is 5.91 Å². The molecule has 2 aliphatic rings. The zero-order chi connectivity index (χ0) is 24.9. The van der Waals surface area contributed by atoms with Crippen LogP contribution in [-0.2, 0) is 11.0 Å². The Morgan fingerprint density at radius 2 is 1.86 bits per heavy atom. The van der Waals surface area contributed by atoms with E-state index in [2.05, 4.69) is 22.5 Å². The van der Waals surface area contributed by atoms with Crippen LogP contribution >= 0.6 is 0 Å². The number of hydrogen-bond acceptors (Lipinski definition) is 4. The monoisotopic (exact) mass is 485 g/mol. The van der Waals surface area contributed by atoms with Gasteiger partial charge >= 0.3 is 6.18 Å². The topological polar surface area (TPSA) is 54.3 Å². The maximum Gasteiger partial charge on any atom is 0.416 e. The van der Waals surface area contributed by atoms with E-state index in [4.69, 9.17) is 5.10 Å². The molecular formula is C25H23F4N5O. The normalized spacial score (nSPS) is 17.4. The first kappa shape index (κ1) is 23.2. The standard InChI is InChI=1S/C25H23F4N5O/c1-15(26)24(35)33-13-19(14-33)34-23-20(16-8-11-32(2)12-9-16)7-10-30-22(23)21(31-34)17-3-5-18(6-4-17)25(27,28)29/h3-8,10,19H,1,9,11-14H2,2H3. The van der Waals surface area contributed by atoms with Crippen molar-refractivity contribution >= 4 is 22.5 Å². The number of carbonyl (C=O) groups is 1. The van der Waals surface area contributed by atoms with Gasteiger partial charge in [-0.05, 0) is 37.2 Å². The Kier molecular flexibility index (Phi) is 5.71. The van der Waals surface area contributed by atoms with E-state index in [1.54, 1.807) is 10.9 Å². The van der Waals surface area contributed by atoms with Crippen molar-refractivity contribution in [2.24, 2.45) is 0 Å². The van der Waals surface area contributed by atoms with Crippen LogP contribution < -0.4 is 0 Å². The number of carbonyl (C=O) groups excluding carboxylic acids is 1. The van der Waals surface area contributed by atoms with Crippen molar-refractivity contribution in [3.63, 3.8) is 0 Å². The van der Waals surface area contributed by atoms with Gasteiger partial charge in [-0.25, -0.2) is 4.39 Å². The minimum atomic E-state index is -4.44. The van der Waals surface area contributed by atoms with Crippen molar-refractivity contribution in [2.45, 2.75) is 18.6 Å². The van der Waals surface area contributed by atoms with Gasteiger partial charge in [-0.1, -0.05) is 24.8 Å². The average molecular weight is 485 g/mol. The molecule has 3 aromatic rings. The number of alkyl halides is 3. The number of benzene rings is 1. The average Bonchev–Trinajstić information content (AvgIpc) is 3.17. The van der Waals surface area contributed by atoms with E-state index in [0.29, 0.717) is 16.8 Å². The molecule has 4 heterocycles. The van der Waals surface area contributed by atoms with E-state index in [-0.39, 0.29) is 19.1 Å². The van der Waals surface area contributed by atoms with E-state index in [1.807, 2.05) is 13.1 Å².